The molecule has 0 fully saturated rings. The number of furan rings is 1. The second-order valence-electron chi connectivity index (χ2n) is 18.0. The third-order valence-electron chi connectivity index (χ3n) is 14.1. The van der Waals surface area contributed by atoms with Crippen LogP contribution in [0.3, 0.4) is 0 Å². The van der Waals surface area contributed by atoms with Gasteiger partial charge in [-0.1, -0.05) is 172 Å². The predicted molar refractivity (Wildman–Crippen MR) is 268 cm³/mol. The maximum absolute atomic E-state index is 7.00. The van der Waals surface area contributed by atoms with Crippen molar-refractivity contribution in [2.45, 2.75) is 25.7 Å². The summed E-state index contributed by atoms with van der Waals surface area (Å²) in [6, 6.07) is 77.9. The number of hydrogen-bond donors (Lipinski definition) is 0. The Morgan fingerprint density at radius 1 is 0.406 bits per heavy atom. The standard InChI is InChI=1S/C62H43NO/c1-62(2)57-22-11-10-19-52(57)53-33-27-44(37-58(53)62)60-50-18-9-7-16-43(50)36-56-55-38-47(32-34-59(55)64-61(56)60)63(45-28-23-40(24-29-45)39-13-4-3-5-14-39)46-30-25-41(26-31-46)48-20-12-21-51-49-17-8-6-15-42(49)35-54(48)51/h3-34,36-38H,35H2,1-2H3. The van der Waals surface area contributed by atoms with Crippen LogP contribution in [0.15, 0.2) is 217 Å². The van der Waals surface area contributed by atoms with Crippen molar-refractivity contribution in [1.29, 1.82) is 0 Å². The molecule has 302 valence electrons. The predicted octanol–water partition coefficient (Wildman–Crippen LogP) is 17.1. The highest BCUT2D eigenvalue weighted by Crippen LogP contribution is 2.51. The summed E-state index contributed by atoms with van der Waals surface area (Å²) >= 11 is 0. The van der Waals surface area contributed by atoms with Crippen molar-refractivity contribution in [2.24, 2.45) is 0 Å². The van der Waals surface area contributed by atoms with Gasteiger partial charge < -0.3 is 9.32 Å². The molecule has 2 aliphatic rings. The third kappa shape index (κ3) is 5.59. The molecule has 2 nitrogen and oxygen atoms in total. The first-order valence-corrected chi connectivity index (χ1v) is 22.4. The minimum Gasteiger partial charge on any atom is -0.455 e. The summed E-state index contributed by atoms with van der Waals surface area (Å²) in [4.78, 5) is 2.38. The van der Waals surface area contributed by atoms with Crippen LogP contribution in [0.25, 0.3) is 88.3 Å². The van der Waals surface area contributed by atoms with Crippen LogP contribution in [0.5, 0.6) is 0 Å². The van der Waals surface area contributed by atoms with Crippen LogP contribution in [0, 0.1) is 0 Å². The molecule has 11 aromatic rings. The van der Waals surface area contributed by atoms with Crippen LogP contribution in [0.1, 0.15) is 36.1 Å². The fraction of sp³-hybridized carbons (Fsp3) is 0.0645. The summed E-state index contributed by atoms with van der Waals surface area (Å²) in [6.07, 6.45) is 0.956. The number of hydrogen-bond acceptors (Lipinski definition) is 2. The number of nitrogens with zero attached hydrogens (tertiary/aromatic N) is 1. The van der Waals surface area contributed by atoms with Gasteiger partial charge >= 0.3 is 0 Å². The van der Waals surface area contributed by atoms with Gasteiger partial charge in [0.25, 0.3) is 0 Å². The van der Waals surface area contributed by atoms with Gasteiger partial charge in [0.15, 0.2) is 0 Å². The van der Waals surface area contributed by atoms with Gasteiger partial charge in [-0.2, -0.15) is 0 Å². The maximum Gasteiger partial charge on any atom is 0.143 e. The summed E-state index contributed by atoms with van der Waals surface area (Å²) in [5, 5.41) is 4.59. The van der Waals surface area contributed by atoms with Crippen LogP contribution in [-0.4, -0.2) is 0 Å². The highest BCUT2D eigenvalue weighted by atomic mass is 16.3. The molecule has 0 unspecified atom stereocenters. The minimum absolute atomic E-state index is 0.109. The largest absolute Gasteiger partial charge is 0.455 e. The minimum atomic E-state index is -0.109. The zero-order chi connectivity index (χ0) is 42.5. The van der Waals surface area contributed by atoms with Gasteiger partial charge in [0.05, 0.1) is 0 Å². The normalized spacial score (nSPS) is 13.2. The van der Waals surface area contributed by atoms with Crippen LogP contribution < -0.4 is 4.90 Å². The zero-order valence-electron chi connectivity index (χ0n) is 35.8. The summed E-state index contributed by atoms with van der Waals surface area (Å²) in [5.41, 5.74) is 23.0. The number of benzene rings is 10. The Kier molecular flexibility index (Phi) is 8.05. The van der Waals surface area contributed by atoms with E-state index in [9.17, 15) is 0 Å². The Morgan fingerprint density at radius 2 is 1.03 bits per heavy atom. The molecule has 10 aromatic carbocycles. The topological polar surface area (TPSA) is 16.4 Å². The molecule has 0 spiro atoms. The zero-order valence-corrected chi connectivity index (χ0v) is 35.8. The summed E-state index contributed by atoms with van der Waals surface area (Å²) in [5.74, 6) is 0. The van der Waals surface area contributed by atoms with Gasteiger partial charge in [-0.25, -0.2) is 0 Å². The second-order valence-corrected chi connectivity index (χ2v) is 18.0. The molecule has 2 aliphatic carbocycles. The van der Waals surface area contributed by atoms with Crippen LogP contribution in [0.4, 0.5) is 17.1 Å². The number of fused-ring (bicyclic) bond motifs is 10. The van der Waals surface area contributed by atoms with E-state index >= 15 is 0 Å². The van der Waals surface area contributed by atoms with E-state index in [1.165, 1.54) is 83.1 Å². The second kappa shape index (κ2) is 14.0. The van der Waals surface area contributed by atoms with Crippen molar-refractivity contribution < 1.29 is 4.42 Å². The molecule has 13 rings (SSSR count). The fourth-order valence-electron chi connectivity index (χ4n) is 10.9. The average molecular weight is 818 g/mol. The van der Waals surface area contributed by atoms with E-state index in [-0.39, 0.29) is 5.41 Å². The van der Waals surface area contributed by atoms with Crippen molar-refractivity contribution >= 4 is 49.8 Å². The monoisotopic (exact) mass is 817 g/mol. The molecule has 0 amide bonds. The highest BCUT2D eigenvalue weighted by molar-refractivity contribution is 6.19. The van der Waals surface area contributed by atoms with E-state index in [0.717, 1.165) is 51.0 Å². The fourth-order valence-corrected chi connectivity index (χ4v) is 10.9. The van der Waals surface area contributed by atoms with Gasteiger partial charge in [0, 0.05) is 38.8 Å². The lowest BCUT2D eigenvalue weighted by atomic mass is 9.81. The van der Waals surface area contributed by atoms with E-state index < -0.39 is 0 Å². The molecule has 0 bridgehead atoms. The molecule has 1 heterocycles. The lowest BCUT2D eigenvalue weighted by molar-refractivity contribution is 0.660. The van der Waals surface area contributed by atoms with Crippen molar-refractivity contribution in [2.75, 3.05) is 4.90 Å². The van der Waals surface area contributed by atoms with E-state index in [0.29, 0.717) is 0 Å². The Labute approximate surface area is 373 Å². The maximum atomic E-state index is 7.00. The Bertz CT molecular complexity index is 3650. The van der Waals surface area contributed by atoms with Crippen molar-refractivity contribution in [3.05, 3.63) is 235 Å². The molecule has 0 atom stereocenters. The highest BCUT2D eigenvalue weighted by Gasteiger charge is 2.35. The number of rotatable bonds is 6. The first-order valence-electron chi connectivity index (χ1n) is 22.4. The molecular formula is C62H43NO. The van der Waals surface area contributed by atoms with Gasteiger partial charge in [-0.05, 0) is 144 Å². The van der Waals surface area contributed by atoms with E-state index in [2.05, 4.69) is 231 Å². The molecule has 2 heteroatoms. The molecular weight excluding hydrogens is 775 g/mol. The first-order chi connectivity index (χ1) is 31.5. The molecule has 64 heavy (non-hydrogen) atoms. The van der Waals surface area contributed by atoms with E-state index in [1.54, 1.807) is 0 Å². The molecule has 0 saturated heterocycles. The van der Waals surface area contributed by atoms with Crippen LogP contribution in [0.2, 0.25) is 0 Å². The van der Waals surface area contributed by atoms with Crippen LogP contribution in [-0.2, 0) is 11.8 Å². The van der Waals surface area contributed by atoms with Crippen molar-refractivity contribution in [3.8, 4) is 55.6 Å². The molecule has 0 radical (unpaired) electrons. The van der Waals surface area contributed by atoms with Gasteiger partial charge in [-0.3, -0.25) is 0 Å². The molecule has 0 saturated carbocycles. The van der Waals surface area contributed by atoms with Crippen molar-refractivity contribution in [1.82, 2.24) is 0 Å². The average Bonchev–Trinajstić information content (AvgIpc) is 3.98. The first kappa shape index (κ1) is 36.7. The summed E-state index contributed by atoms with van der Waals surface area (Å²) < 4.78 is 7.00. The summed E-state index contributed by atoms with van der Waals surface area (Å²) in [6.45, 7) is 4.70. The van der Waals surface area contributed by atoms with Crippen LogP contribution >= 0.6 is 0 Å². The molecule has 0 N–H and O–H groups in total. The van der Waals surface area contributed by atoms with Gasteiger partial charge in [0.2, 0.25) is 0 Å². The van der Waals surface area contributed by atoms with E-state index in [1.807, 2.05) is 0 Å². The smallest absolute Gasteiger partial charge is 0.143 e. The Balaban J connectivity index is 0.958. The van der Waals surface area contributed by atoms with E-state index in [4.69, 9.17) is 4.42 Å². The Hall–Kier alpha value is -7.94. The number of anilines is 3. The van der Waals surface area contributed by atoms with Gasteiger partial charge in [0.1, 0.15) is 11.2 Å². The third-order valence-corrected chi connectivity index (χ3v) is 14.1. The summed E-state index contributed by atoms with van der Waals surface area (Å²) in [7, 11) is 0. The molecule has 0 aliphatic heterocycles. The SMILES string of the molecule is CC1(C)c2ccccc2-c2ccc(-c3c4ccccc4cc4c3oc3ccc(N(c5ccc(-c6ccccc6)cc5)c5ccc(-c6cccc7c6Cc6ccccc6-7)cc5)cc34)cc21. The Morgan fingerprint density at radius 3 is 1.86 bits per heavy atom. The quantitative estimate of drug-likeness (QED) is 0.166. The van der Waals surface area contributed by atoms with Gasteiger partial charge in [-0.15, -0.1) is 0 Å². The van der Waals surface area contributed by atoms with Crippen molar-refractivity contribution in [3.63, 3.8) is 0 Å². The lowest BCUT2D eigenvalue weighted by Crippen LogP contribution is -2.14. The molecule has 1 aromatic heterocycles. The lowest BCUT2D eigenvalue weighted by Gasteiger charge is -2.26.